The van der Waals surface area contributed by atoms with Crippen molar-refractivity contribution in [1.29, 1.82) is 0 Å². The van der Waals surface area contributed by atoms with E-state index in [4.69, 9.17) is 0 Å². The molecule has 3 heteroatoms. The first-order valence-corrected chi connectivity index (χ1v) is 8.76. The molecule has 2 rings (SSSR count). The van der Waals surface area contributed by atoms with Crippen molar-refractivity contribution in [3.05, 3.63) is 21.4 Å². The van der Waals surface area contributed by atoms with Crippen LogP contribution in [0.25, 0.3) is 0 Å². The number of fused-ring (bicyclic) bond motifs is 1. The lowest BCUT2D eigenvalue weighted by atomic mass is 9.94. The van der Waals surface area contributed by atoms with Crippen molar-refractivity contribution in [3.63, 3.8) is 0 Å². The minimum Gasteiger partial charge on any atom is -0.389 e. The molecule has 2 unspecified atom stereocenters. The molecule has 0 amide bonds. The molecule has 2 nitrogen and oxygen atoms in total. The zero-order chi connectivity index (χ0) is 14.8. The lowest BCUT2D eigenvalue weighted by Gasteiger charge is -2.27. The summed E-state index contributed by atoms with van der Waals surface area (Å²) < 4.78 is 0. The summed E-state index contributed by atoms with van der Waals surface area (Å²) in [6.45, 7) is 9.13. The number of rotatable bonds is 6. The van der Waals surface area contributed by atoms with Crippen LogP contribution in [0.5, 0.6) is 0 Å². The van der Waals surface area contributed by atoms with Crippen LogP contribution >= 0.6 is 11.3 Å². The summed E-state index contributed by atoms with van der Waals surface area (Å²) >= 11 is 1.96. The van der Waals surface area contributed by atoms with Gasteiger partial charge in [-0.1, -0.05) is 13.8 Å². The SMILES string of the molecule is CC(C)CC(C)(O)CNC(C)c1cc2c(s1)CCCC2. The van der Waals surface area contributed by atoms with Gasteiger partial charge < -0.3 is 10.4 Å². The van der Waals surface area contributed by atoms with E-state index in [0.717, 1.165) is 6.42 Å². The van der Waals surface area contributed by atoms with Crippen LogP contribution in [-0.2, 0) is 12.8 Å². The van der Waals surface area contributed by atoms with Gasteiger partial charge in [0.15, 0.2) is 0 Å². The van der Waals surface area contributed by atoms with E-state index in [0.29, 0.717) is 18.5 Å². The minimum absolute atomic E-state index is 0.337. The molecule has 20 heavy (non-hydrogen) atoms. The Hall–Kier alpha value is -0.380. The lowest BCUT2D eigenvalue weighted by Crippen LogP contribution is -2.39. The second-order valence-corrected chi connectivity index (χ2v) is 8.17. The van der Waals surface area contributed by atoms with E-state index in [1.807, 2.05) is 18.3 Å². The van der Waals surface area contributed by atoms with Gasteiger partial charge in [-0.05, 0) is 63.5 Å². The Balaban J connectivity index is 1.91. The standard InChI is InChI=1S/C17H29NOS/c1-12(2)10-17(4,19)11-18-13(3)16-9-14-7-5-6-8-15(14)20-16/h9,12-13,18-19H,5-8,10-11H2,1-4H3. The maximum absolute atomic E-state index is 10.4. The fourth-order valence-electron chi connectivity index (χ4n) is 3.15. The average molecular weight is 295 g/mol. The Labute approximate surface area is 127 Å². The van der Waals surface area contributed by atoms with Gasteiger partial charge in [-0.3, -0.25) is 0 Å². The Kier molecular flexibility index (Phi) is 5.27. The third-order valence-corrected chi connectivity index (χ3v) is 5.50. The summed E-state index contributed by atoms with van der Waals surface area (Å²) in [5.41, 5.74) is 0.957. The van der Waals surface area contributed by atoms with Crippen LogP contribution in [0.15, 0.2) is 6.07 Å². The number of hydrogen-bond acceptors (Lipinski definition) is 3. The Morgan fingerprint density at radius 2 is 2.00 bits per heavy atom. The van der Waals surface area contributed by atoms with Gasteiger partial charge in [-0.25, -0.2) is 0 Å². The maximum atomic E-state index is 10.4. The van der Waals surface area contributed by atoms with Crippen LogP contribution in [0.4, 0.5) is 0 Å². The molecule has 1 aromatic rings. The normalized spacial score (nSPS) is 19.7. The Morgan fingerprint density at radius 1 is 1.30 bits per heavy atom. The van der Waals surface area contributed by atoms with Gasteiger partial charge >= 0.3 is 0 Å². The quantitative estimate of drug-likeness (QED) is 0.829. The van der Waals surface area contributed by atoms with Crippen molar-refractivity contribution in [2.75, 3.05) is 6.54 Å². The highest BCUT2D eigenvalue weighted by molar-refractivity contribution is 7.12. The molecule has 2 atom stereocenters. The average Bonchev–Trinajstić information content (AvgIpc) is 2.78. The molecule has 2 N–H and O–H groups in total. The van der Waals surface area contributed by atoms with Crippen LogP contribution in [0.2, 0.25) is 0 Å². The van der Waals surface area contributed by atoms with Crippen molar-refractivity contribution in [1.82, 2.24) is 5.32 Å². The minimum atomic E-state index is -0.612. The van der Waals surface area contributed by atoms with Crippen LogP contribution in [-0.4, -0.2) is 17.3 Å². The van der Waals surface area contributed by atoms with Gasteiger partial charge in [-0.2, -0.15) is 0 Å². The zero-order valence-electron chi connectivity index (χ0n) is 13.3. The molecule has 1 aromatic heterocycles. The van der Waals surface area contributed by atoms with Gasteiger partial charge in [0.2, 0.25) is 0 Å². The predicted octanol–water partition coefficient (Wildman–Crippen LogP) is 4.07. The molecule has 1 aliphatic rings. The Morgan fingerprint density at radius 3 is 2.65 bits per heavy atom. The molecule has 0 spiro atoms. The number of aliphatic hydroxyl groups is 1. The molecule has 1 aliphatic carbocycles. The predicted molar refractivity (Wildman–Crippen MR) is 87.5 cm³/mol. The first-order valence-electron chi connectivity index (χ1n) is 7.94. The van der Waals surface area contributed by atoms with Gasteiger partial charge in [0.1, 0.15) is 0 Å². The summed E-state index contributed by atoms with van der Waals surface area (Å²) in [5.74, 6) is 0.524. The first-order chi connectivity index (χ1) is 9.37. The molecule has 0 saturated carbocycles. The summed E-state index contributed by atoms with van der Waals surface area (Å²) in [4.78, 5) is 3.02. The van der Waals surface area contributed by atoms with E-state index >= 15 is 0 Å². The maximum Gasteiger partial charge on any atom is 0.0746 e. The van der Waals surface area contributed by atoms with Gasteiger partial charge in [0, 0.05) is 22.3 Å². The summed E-state index contributed by atoms with van der Waals surface area (Å²) in [6, 6.07) is 2.72. The third kappa shape index (κ3) is 4.31. The number of thiophene rings is 1. The second kappa shape index (κ2) is 6.59. The van der Waals surface area contributed by atoms with Crippen molar-refractivity contribution in [2.24, 2.45) is 5.92 Å². The molecule has 0 aliphatic heterocycles. The fraction of sp³-hybridized carbons (Fsp3) is 0.765. The van der Waals surface area contributed by atoms with Crippen LogP contribution < -0.4 is 5.32 Å². The second-order valence-electron chi connectivity index (χ2n) is 7.00. The van der Waals surface area contributed by atoms with Crippen LogP contribution in [0.3, 0.4) is 0 Å². The topological polar surface area (TPSA) is 32.3 Å². The highest BCUT2D eigenvalue weighted by Crippen LogP contribution is 2.33. The molecule has 0 fully saturated rings. The van der Waals surface area contributed by atoms with Crippen molar-refractivity contribution >= 4 is 11.3 Å². The van der Waals surface area contributed by atoms with Crippen LogP contribution in [0, 0.1) is 5.92 Å². The summed E-state index contributed by atoms with van der Waals surface area (Å²) in [6.07, 6.45) is 6.04. The molecule has 0 aromatic carbocycles. The van der Waals surface area contributed by atoms with Gasteiger partial charge in [0.05, 0.1) is 5.60 Å². The van der Waals surface area contributed by atoms with E-state index < -0.39 is 5.60 Å². The Bertz CT molecular complexity index is 413. The van der Waals surface area contributed by atoms with Gasteiger partial charge in [0.25, 0.3) is 0 Å². The van der Waals surface area contributed by atoms with Crippen molar-refractivity contribution in [3.8, 4) is 0 Å². The molecule has 0 saturated heterocycles. The smallest absolute Gasteiger partial charge is 0.0746 e. The van der Waals surface area contributed by atoms with Gasteiger partial charge in [-0.15, -0.1) is 11.3 Å². The van der Waals surface area contributed by atoms with Crippen molar-refractivity contribution < 1.29 is 5.11 Å². The van der Waals surface area contributed by atoms with E-state index in [2.05, 4.69) is 32.2 Å². The molecule has 114 valence electrons. The van der Waals surface area contributed by atoms with E-state index in [1.165, 1.54) is 30.6 Å². The van der Waals surface area contributed by atoms with Crippen molar-refractivity contribution in [2.45, 2.75) is 71.4 Å². The van der Waals surface area contributed by atoms with E-state index in [-0.39, 0.29) is 0 Å². The first kappa shape index (κ1) is 16.0. The zero-order valence-corrected chi connectivity index (χ0v) is 14.1. The summed E-state index contributed by atoms with van der Waals surface area (Å²) in [7, 11) is 0. The van der Waals surface area contributed by atoms with E-state index in [1.54, 1.807) is 10.4 Å². The highest BCUT2D eigenvalue weighted by Gasteiger charge is 2.23. The molecule has 1 heterocycles. The highest BCUT2D eigenvalue weighted by atomic mass is 32.1. The number of aryl methyl sites for hydroxylation is 2. The monoisotopic (exact) mass is 295 g/mol. The molecular weight excluding hydrogens is 266 g/mol. The molecular formula is C17H29NOS. The van der Waals surface area contributed by atoms with Crippen LogP contribution in [0.1, 0.15) is 68.3 Å². The third-order valence-electron chi connectivity index (χ3n) is 4.08. The molecule has 0 bridgehead atoms. The fourth-order valence-corrected chi connectivity index (χ4v) is 4.44. The molecule has 0 radical (unpaired) electrons. The summed E-state index contributed by atoms with van der Waals surface area (Å²) in [5, 5.41) is 13.9. The number of nitrogens with one attached hydrogen (secondary N) is 1. The number of hydrogen-bond donors (Lipinski definition) is 2. The largest absolute Gasteiger partial charge is 0.389 e. The lowest BCUT2D eigenvalue weighted by molar-refractivity contribution is 0.0364. The van der Waals surface area contributed by atoms with E-state index in [9.17, 15) is 5.11 Å².